The van der Waals surface area contributed by atoms with E-state index < -0.39 is 0 Å². The van der Waals surface area contributed by atoms with Crippen molar-refractivity contribution in [3.8, 4) is 5.75 Å². The summed E-state index contributed by atoms with van der Waals surface area (Å²) in [6, 6.07) is 6.18. The van der Waals surface area contributed by atoms with Gasteiger partial charge in [-0.25, -0.2) is 0 Å². The van der Waals surface area contributed by atoms with Crippen LogP contribution < -0.4 is 15.4 Å². The van der Waals surface area contributed by atoms with Crippen molar-refractivity contribution in [2.24, 2.45) is 0 Å². The molecule has 5 nitrogen and oxygen atoms in total. The van der Waals surface area contributed by atoms with Crippen LogP contribution in [-0.4, -0.2) is 31.6 Å². The highest BCUT2D eigenvalue weighted by Crippen LogP contribution is 2.26. The van der Waals surface area contributed by atoms with Crippen LogP contribution in [-0.2, 0) is 11.2 Å². The largest absolute Gasteiger partial charge is 0.497 e. The minimum atomic E-state index is 0.0408. The lowest BCUT2D eigenvalue weighted by Crippen LogP contribution is -2.52. The number of rotatable bonds is 4. The molecule has 0 bridgehead atoms. The van der Waals surface area contributed by atoms with Crippen LogP contribution in [0.3, 0.4) is 0 Å². The van der Waals surface area contributed by atoms with Gasteiger partial charge in [0.25, 0.3) is 0 Å². The number of benzene rings is 1. The van der Waals surface area contributed by atoms with Crippen LogP contribution in [0.4, 0.5) is 0 Å². The van der Waals surface area contributed by atoms with Crippen LogP contribution in [0.2, 0.25) is 0 Å². The second-order valence-corrected chi connectivity index (χ2v) is 5.86. The Labute approximate surface area is 130 Å². The maximum Gasteiger partial charge on any atom is 0.224 e. The maximum absolute atomic E-state index is 12.3. The highest BCUT2D eigenvalue weighted by molar-refractivity contribution is 5.88. The topological polar surface area (TPSA) is 63.5 Å². The summed E-state index contributed by atoms with van der Waals surface area (Å²) in [4.78, 5) is 12.3. The summed E-state index contributed by atoms with van der Waals surface area (Å²) in [6.45, 7) is 3.14. The van der Waals surface area contributed by atoms with E-state index >= 15 is 0 Å². The molecule has 1 aliphatic heterocycles. The Morgan fingerprint density at radius 3 is 3.14 bits per heavy atom. The summed E-state index contributed by atoms with van der Waals surface area (Å²) in [5.74, 6) is 0.791. The molecule has 1 fully saturated rings. The lowest BCUT2D eigenvalue weighted by Gasteiger charge is -2.30. The van der Waals surface area contributed by atoms with Gasteiger partial charge in [0.1, 0.15) is 11.3 Å². The standard InChI is InChI=1S/C17H22N2O3/c1-11-15(4-3-7-18-11)19-17(20)8-12-10-22-16-9-13(21-2)5-6-14(12)16/h5-6,9-11,15,18H,3-4,7-8H2,1-2H3,(H,19,20). The lowest BCUT2D eigenvalue weighted by molar-refractivity contribution is -0.121. The molecule has 2 N–H and O–H groups in total. The molecule has 1 aromatic heterocycles. The molecule has 1 saturated heterocycles. The number of carbonyl (C=O) groups excluding carboxylic acids is 1. The molecule has 0 aliphatic carbocycles. The molecule has 2 unspecified atom stereocenters. The van der Waals surface area contributed by atoms with Crippen LogP contribution in [0.15, 0.2) is 28.9 Å². The molecule has 1 aliphatic rings. The Bertz CT molecular complexity index is 665. The zero-order valence-corrected chi connectivity index (χ0v) is 13.0. The number of piperidine rings is 1. The van der Waals surface area contributed by atoms with Crippen molar-refractivity contribution in [1.29, 1.82) is 0 Å². The number of methoxy groups -OCH3 is 1. The quantitative estimate of drug-likeness (QED) is 0.909. The van der Waals surface area contributed by atoms with Crippen molar-refractivity contribution in [1.82, 2.24) is 10.6 Å². The van der Waals surface area contributed by atoms with Crippen LogP contribution in [0, 0.1) is 0 Å². The second-order valence-electron chi connectivity index (χ2n) is 5.86. The zero-order valence-electron chi connectivity index (χ0n) is 13.0. The van der Waals surface area contributed by atoms with Gasteiger partial charge in [-0.15, -0.1) is 0 Å². The molecular weight excluding hydrogens is 280 g/mol. The molecule has 118 valence electrons. The summed E-state index contributed by atoms with van der Waals surface area (Å²) in [7, 11) is 1.62. The van der Waals surface area contributed by atoms with Crippen molar-refractivity contribution < 1.29 is 13.9 Å². The zero-order chi connectivity index (χ0) is 15.5. The Hall–Kier alpha value is -2.01. The smallest absolute Gasteiger partial charge is 0.224 e. The Balaban J connectivity index is 1.68. The first-order valence-corrected chi connectivity index (χ1v) is 7.74. The molecule has 1 amide bonds. The second kappa shape index (κ2) is 6.40. The van der Waals surface area contributed by atoms with E-state index in [1.807, 2.05) is 18.2 Å². The Morgan fingerprint density at radius 2 is 2.36 bits per heavy atom. The predicted molar refractivity (Wildman–Crippen MR) is 85.1 cm³/mol. The molecule has 22 heavy (non-hydrogen) atoms. The third-order valence-corrected chi connectivity index (χ3v) is 4.32. The number of nitrogens with one attached hydrogen (secondary N) is 2. The first kappa shape index (κ1) is 14.9. The van der Waals surface area contributed by atoms with Gasteiger partial charge in [-0.2, -0.15) is 0 Å². The summed E-state index contributed by atoms with van der Waals surface area (Å²) in [5, 5.41) is 7.48. The number of hydrogen-bond acceptors (Lipinski definition) is 4. The van der Waals surface area contributed by atoms with Crippen LogP contribution >= 0.6 is 0 Å². The van der Waals surface area contributed by atoms with Crippen molar-refractivity contribution in [2.75, 3.05) is 13.7 Å². The maximum atomic E-state index is 12.3. The fourth-order valence-electron chi connectivity index (χ4n) is 3.00. The first-order valence-electron chi connectivity index (χ1n) is 7.74. The molecule has 2 heterocycles. The Morgan fingerprint density at radius 1 is 1.50 bits per heavy atom. The molecule has 0 spiro atoms. The summed E-state index contributed by atoms with van der Waals surface area (Å²) in [5.41, 5.74) is 1.65. The number of hydrogen-bond donors (Lipinski definition) is 2. The van der Waals surface area contributed by atoms with Gasteiger partial charge in [-0.1, -0.05) is 0 Å². The molecule has 0 radical (unpaired) electrons. The highest BCUT2D eigenvalue weighted by Gasteiger charge is 2.22. The minimum Gasteiger partial charge on any atom is -0.497 e. The van der Waals surface area contributed by atoms with E-state index in [0.717, 1.165) is 41.7 Å². The van der Waals surface area contributed by atoms with Crippen molar-refractivity contribution in [3.05, 3.63) is 30.0 Å². The monoisotopic (exact) mass is 302 g/mol. The summed E-state index contributed by atoms with van der Waals surface area (Å²) < 4.78 is 10.7. The molecule has 1 aromatic carbocycles. The fourth-order valence-corrected chi connectivity index (χ4v) is 3.00. The summed E-state index contributed by atoms with van der Waals surface area (Å²) in [6.07, 6.45) is 4.13. The van der Waals surface area contributed by atoms with Gasteiger partial charge in [-0.3, -0.25) is 4.79 Å². The van der Waals surface area contributed by atoms with Gasteiger partial charge in [0.05, 0.1) is 19.8 Å². The number of ether oxygens (including phenoxy) is 1. The van der Waals surface area contributed by atoms with Gasteiger partial charge >= 0.3 is 0 Å². The van der Waals surface area contributed by atoms with Crippen molar-refractivity contribution in [2.45, 2.75) is 38.3 Å². The molecule has 2 atom stereocenters. The van der Waals surface area contributed by atoms with E-state index in [1.54, 1.807) is 13.4 Å². The Kier molecular flexibility index (Phi) is 4.34. The summed E-state index contributed by atoms with van der Waals surface area (Å²) >= 11 is 0. The average molecular weight is 302 g/mol. The molecule has 2 aromatic rings. The molecular formula is C17H22N2O3. The fraction of sp³-hybridized carbons (Fsp3) is 0.471. The lowest BCUT2D eigenvalue weighted by atomic mass is 9.99. The van der Waals surface area contributed by atoms with Crippen LogP contribution in [0.25, 0.3) is 11.0 Å². The van der Waals surface area contributed by atoms with Gasteiger partial charge in [0.2, 0.25) is 5.91 Å². The van der Waals surface area contributed by atoms with E-state index in [-0.39, 0.29) is 11.9 Å². The van der Waals surface area contributed by atoms with E-state index in [1.165, 1.54) is 0 Å². The van der Waals surface area contributed by atoms with Crippen molar-refractivity contribution in [3.63, 3.8) is 0 Å². The van der Waals surface area contributed by atoms with Gasteiger partial charge < -0.3 is 19.8 Å². The molecule has 5 heteroatoms. The average Bonchev–Trinajstić information content (AvgIpc) is 2.91. The third kappa shape index (κ3) is 3.09. The predicted octanol–water partition coefficient (Wildman–Crippen LogP) is 2.24. The SMILES string of the molecule is COc1ccc2c(CC(=O)NC3CCCNC3C)coc2c1. The number of amides is 1. The van der Waals surface area contributed by atoms with E-state index in [9.17, 15) is 4.79 Å². The van der Waals surface area contributed by atoms with E-state index in [4.69, 9.17) is 9.15 Å². The van der Waals surface area contributed by atoms with Crippen LogP contribution in [0.5, 0.6) is 5.75 Å². The highest BCUT2D eigenvalue weighted by atomic mass is 16.5. The number of furan rings is 1. The minimum absolute atomic E-state index is 0.0408. The van der Waals surface area contributed by atoms with Crippen LogP contribution in [0.1, 0.15) is 25.3 Å². The van der Waals surface area contributed by atoms with Gasteiger partial charge in [0, 0.05) is 29.1 Å². The number of carbonyl (C=O) groups is 1. The van der Waals surface area contributed by atoms with E-state index in [0.29, 0.717) is 12.5 Å². The van der Waals surface area contributed by atoms with Gasteiger partial charge in [-0.05, 0) is 38.4 Å². The molecule has 0 saturated carbocycles. The number of fused-ring (bicyclic) bond motifs is 1. The normalized spacial score (nSPS) is 21.7. The van der Waals surface area contributed by atoms with Gasteiger partial charge in [0.15, 0.2) is 0 Å². The molecule has 3 rings (SSSR count). The van der Waals surface area contributed by atoms with Crippen molar-refractivity contribution >= 4 is 16.9 Å². The van der Waals surface area contributed by atoms with E-state index in [2.05, 4.69) is 17.6 Å². The first-order chi connectivity index (χ1) is 10.7. The third-order valence-electron chi connectivity index (χ3n) is 4.32.